The number of carbonyl (C=O) groups is 1. The second-order valence-corrected chi connectivity index (χ2v) is 7.39. The highest BCUT2D eigenvalue weighted by Gasteiger charge is 2.14. The summed E-state index contributed by atoms with van der Waals surface area (Å²) in [6.45, 7) is 2.93. The monoisotopic (exact) mass is 328 g/mol. The first-order valence-corrected chi connectivity index (χ1v) is 9.47. The van der Waals surface area contributed by atoms with Gasteiger partial charge in [-0.3, -0.25) is 4.79 Å². The summed E-state index contributed by atoms with van der Waals surface area (Å²) in [6.07, 6.45) is 6.51. The minimum absolute atomic E-state index is 0.119. The zero-order valence-corrected chi connectivity index (χ0v) is 14.5. The molecule has 0 bridgehead atoms. The second-order valence-electron chi connectivity index (χ2n) is 6.39. The lowest BCUT2D eigenvalue weighted by Gasteiger charge is -2.21. The van der Waals surface area contributed by atoms with Crippen LogP contribution in [0.15, 0.2) is 35.4 Å². The number of para-hydroxylation sites is 1. The van der Waals surface area contributed by atoms with Crippen LogP contribution in [0, 0.1) is 12.8 Å². The number of aromatic nitrogens is 1. The highest BCUT2D eigenvalue weighted by Crippen LogP contribution is 2.24. The number of thioether (sulfide) groups is 1. The average molecular weight is 328 g/mol. The van der Waals surface area contributed by atoms with Gasteiger partial charge in [-0.25, -0.2) is 4.98 Å². The first-order valence-electron chi connectivity index (χ1n) is 8.48. The van der Waals surface area contributed by atoms with Crippen LogP contribution in [-0.2, 0) is 4.79 Å². The number of hydrogen-bond acceptors (Lipinski definition) is 3. The zero-order chi connectivity index (χ0) is 16.1. The number of nitrogens with one attached hydrogen (secondary N) is 1. The molecule has 1 aliphatic rings. The molecule has 3 rings (SSSR count). The fourth-order valence-corrected chi connectivity index (χ4v) is 4.04. The first-order chi connectivity index (χ1) is 11.2. The van der Waals surface area contributed by atoms with Crippen molar-refractivity contribution >= 4 is 28.6 Å². The van der Waals surface area contributed by atoms with Crippen LogP contribution < -0.4 is 5.32 Å². The Balaban J connectivity index is 1.52. The van der Waals surface area contributed by atoms with Gasteiger partial charge in [0.25, 0.3) is 0 Å². The standard InChI is InChI=1S/C19H24N2OS/c1-14-11-19(21-17-10-6-5-9-16(14)17)23-13-18(22)20-12-15-7-3-2-4-8-15/h5-6,9-11,15H,2-4,7-8,12-13H2,1H3,(H,20,22). The number of nitrogens with zero attached hydrogens (tertiary/aromatic N) is 1. The molecule has 2 aromatic rings. The normalized spacial score (nSPS) is 15.7. The van der Waals surface area contributed by atoms with Crippen molar-refractivity contribution in [2.24, 2.45) is 5.92 Å². The van der Waals surface area contributed by atoms with Crippen LogP contribution >= 0.6 is 11.8 Å². The Kier molecular flexibility index (Phi) is 5.55. The lowest BCUT2D eigenvalue weighted by Crippen LogP contribution is -2.31. The molecule has 23 heavy (non-hydrogen) atoms. The van der Waals surface area contributed by atoms with Crippen molar-refractivity contribution in [1.29, 1.82) is 0 Å². The third-order valence-corrected chi connectivity index (χ3v) is 5.47. The maximum absolute atomic E-state index is 12.0. The van der Waals surface area contributed by atoms with Gasteiger partial charge in [0.05, 0.1) is 16.3 Å². The molecule has 0 saturated heterocycles. The molecule has 1 aromatic carbocycles. The number of amides is 1. The molecule has 1 fully saturated rings. The van der Waals surface area contributed by atoms with Crippen molar-refractivity contribution in [3.63, 3.8) is 0 Å². The number of fused-ring (bicyclic) bond motifs is 1. The van der Waals surface area contributed by atoms with E-state index in [1.807, 2.05) is 18.2 Å². The molecule has 0 atom stereocenters. The summed E-state index contributed by atoms with van der Waals surface area (Å²) in [5.41, 5.74) is 2.21. The molecule has 3 nitrogen and oxygen atoms in total. The summed E-state index contributed by atoms with van der Waals surface area (Å²) in [4.78, 5) is 16.7. The van der Waals surface area contributed by atoms with Gasteiger partial charge in [-0.05, 0) is 43.4 Å². The molecule has 0 radical (unpaired) electrons. The van der Waals surface area contributed by atoms with E-state index < -0.39 is 0 Å². The number of rotatable bonds is 5. The van der Waals surface area contributed by atoms with Gasteiger partial charge < -0.3 is 5.32 Å². The van der Waals surface area contributed by atoms with Crippen LogP contribution in [0.1, 0.15) is 37.7 Å². The van der Waals surface area contributed by atoms with Crippen LogP contribution in [-0.4, -0.2) is 23.2 Å². The van der Waals surface area contributed by atoms with Crippen LogP contribution in [0.3, 0.4) is 0 Å². The summed E-state index contributed by atoms with van der Waals surface area (Å²) >= 11 is 1.52. The maximum atomic E-state index is 12.0. The van der Waals surface area contributed by atoms with E-state index in [-0.39, 0.29) is 5.91 Å². The van der Waals surface area contributed by atoms with Gasteiger partial charge in [-0.2, -0.15) is 0 Å². The van der Waals surface area contributed by atoms with E-state index in [9.17, 15) is 4.79 Å². The number of carbonyl (C=O) groups excluding carboxylic acids is 1. The number of pyridine rings is 1. The molecule has 122 valence electrons. The van der Waals surface area contributed by atoms with E-state index in [1.54, 1.807) is 0 Å². The number of hydrogen-bond donors (Lipinski definition) is 1. The predicted octanol–water partition coefficient (Wildman–Crippen LogP) is 4.33. The van der Waals surface area contributed by atoms with Crippen LogP contribution in [0.2, 0.25) is 0 Å². The van der Waals surface area contributed by atoms with E-state index in [1.165, 1.54) is 54.8 Å². The summed E-state index contributed by atoms with van der Waals surface area (Å²) in [5, 5.41) is 5.19. The van der Waals surface area contributed by atoms with E-state index in [0.717, 1.165) is 17.1 Å². The number of aryl methyl sites for hydroxylation is 1. The molecule has 4 heteroatoms. The van der Waals surface area contributed by atoms with Crippen LogP contribution in [0.25, 0.3) is 10.9 Å². The van der Waals surface area contributed by atoms with Crippen LogP contribution in [0.5, 0.6) is 0 Å². The number of benzene rings is 1. The largest absolute Gasteiger partial charge is 0.355 e. The van der Waals surface area contributed by atoms with Crippen LogP contribution in [0.4, 0.5) is 0 Å². The third-order valence-electron chi connectivity index (χ3n) is 4.56. The Hall–Kier alpha value is -1.55. The van der Waals surface area contributed by atoms with Crippen molar-refractivity contribution in [1.82, 2.24) is 10.3 Å². The SMILES string of the molecule is Cc1cc(SCC(=O)NCC2CCCCC2)nc2ccccc12. The molecule has 1 heterocycles. The zero-order valence-electron chi connectivity index (χ0n) is 13.7. The summed E-state index contributed by atoms with van der Waals surface area (Å²) in [6, 6.07) is 10.2. The summed E-state index contributed by atoms with van der Waals surface area (Å²) < 4.78 is 0. The lowest BCUT2D eigenvalue weighted by atomic mass is 9.89. The fraction of sp³-hybridized carbons (Fsp3) is 0.474. The summed E-state index contributed by atoms with van der Waals surface area (Å²) in [7, 11) is 0. The van der Waals surface area contributed by atoms with Crippen molar-refractivity contribution in [3.05, 3.63) is 35.9 Å². The van der Waals surface area contributed by atoms with Gasteiger partial charge in [0, 0.05) is 11.9 Å². The second kappa shape index (κ2) is 7.82. The molecule has 0 aliphatic heterocycles. The highest BCUT2D eigenvalue weighted by molar-refractivity contribution is 7.99. The molecule has 0 spiro atoms. The lowest BCUT2D eigenvalue weighted by molar-refractivity contribution is -0.118. The van der Waals surface area contributed by atoms with Gasteiger partial charge in [0.1, 0.15) is 0 Å². The van der Waals surface area contributed by atoms with E-state index >= 15 is 0 Å². The average Bonchev–Trinajstić information content (AvgIpc) is 2.59. The van der Waals surface area contributed by atoms with Crippen molar-refractivity contribution in [2.75, 3.05) is 12.3 Å². The molecule has 1 amide bonds. The minimum atomic E-state index is 0.119. The molecule has 0 unspecified atom stereocenters. The van der Waals surface area contributed by atoms with E-state index in [0.29, 0.717) is 11.7 Å². The highest BCUT2D eigenvalue weighted by atomic mass is 32.2. The first kappa shape index (κ1) is 16.3. The molecule has 1 saturated carbocycles. The Morgan fingerprint density at radius 3 is 2.87 bits per heavy atom. The Morgan fingerprint density at radius 2 is 2.04 bits per heavy atom. The predicted molar refractivity (Wildman–Crippen MR) is 96.8 cm³/mol. The van der Waals surface area contributed by atoms with E-state index in [2.05, 4.69) is 29.4 Å². The Bertz CT molecular complexity index is 680. The van der Waals surface area contributed by atoms with E-state index in [4.69, 9.17) is 0 Å². The maximum Gasteiger partial charge on any atom is 0.230 e. The van der Waals surface area contributed by atoms with Crippen molar-refractivity contribution < 1.29 is 4.79 Å². The van der Waals surface area contributed by atoms with Gasteiger partial charge in [-0.15, -0.1) is 0 Å². The van der Waals surface area contributed by atoms with Gasteiger partial charge in [-0.1, -0.05) is 49.2 Å². The fourth-order valence-electron chi connectivity index (χ4n) is 3.23. The Morgan fingerprint density at radius 1 is 1.26 bits per heavy atom. The van der Waals surface area contributed by atoms with Crippen molar-refractivity contribution in [2.45, 2.75) is 44.1 Å². The molecular formula is C19H24N2OS. The molecular weight excluding hydrogens is 304 g/mol. The van der Waals surface area contributed by atoms with Gasteiger partial charge in [0.15, 0.2) is 0 Å². The van der Waals surface area contributed by atoms with Crippen molar-refractivity contribution in [3.8, 4) is 0 Å². The quantitative estimate of drug-likeness (QED) is 0.831. The molecule has 1 aliphatic carbocycles. The smallest absolute Gasteiger partial charge is 0.230 e. The van der Waals surface area contributed by atoms with Gasteiger partial charge >= 0.3 is 0 Å². The molecule has 1 aromatic heterocycles. The van der Waals surface area contributed by atoms with Gasteiger partial charge in [0.2, 0.25) is 5.91 Å². The Labute approximate surface area is 142 Å². The minimum Gasteiger partial charge on any atom is -0.355 e. The third kappa shape index (κ3) is 4.47. The topological polar surface area (TPSA) is 42.0 Å². The summed E-state index contributed by atoms with van der Waals surface area (Å²) in [5.74, 6) is 1.24. The molecule has 1 N–H and O–H groups in total.